The van der Waals surface area contributed by atoms with Crippen LogP contribution in [0.4, 0.5) is 17.1 Å². The number of aryl methyl sites for hydroxylation is 1. The van der Waals surface area contributed by atoms with Gasteiger partial charge in [-0.15, -0.1) is 0 Å². The Morgan fingerprint density at radius 2 is 1.70 bits per heavy atom. The van der Waals surface area contributed by atoms with Crippen molar-refractivity contribution < 1.29 is 17.9 Å². The minimum absolute atomic E-state index is 0.186. The molecule has 4 aromatic rings. The molecule has 1 amide bonds. The molecular formula is C31H36N6O5S. The number of sulfonamides is 1. The van der Waals surface area contributed by atoms with Gasteiger partial charge in [-0.2, -0.15) is 0 Å². The van der Waals surface area contributed by atoms with E-state index in [1.807, 2.05) is 19.1 Å². The number of carbonyl (C=O) groups is 1. The number of anilines is 2. The number of benzene rings is 3. The second kappa shape index (κ2) is 13.2. The molecule has 0 spiro atoms. The summed E-state index contributed by atoms with van der Waals surface area (Å²) in [5.74, 6) is -1.22. The van der Waals surface area contributed by atoms with Gasteiger partial charge in [-0.1, -0.05) is 24.3 Å². The first-order valence-corrected chi connectivity index (χ1v) is 15.4. The first kappa shape index (κ1) is 31.4. The summed E-state index contributed by atoms with van der Waals surface area (Å²) < 4.78 is 33.5. The van der Waals surface area contributed by atoms with Crippen molar-refractivity contribution >= 4 is 49.6 Å². The van der Waals surface area contributed by atoms with Crippen molar-refractivity contribution in [3.8, 4) is 5.75 Å². The zero-order valence-corrected chi connectivity index (χ0v) is 26.0. The van der Waals surface area contributed by atoms with E-state index in [9.17, 15) is 18.0 Å². The van der Waals surface area contributed by atoms with Crippen LogP contribution in [0.3, 0.4) is 0 Å². The van der Waals surface area contributed by atoms with Gasteiger partial charge in [0.15, 0.2) is 11.5 Å². The highest BCUT2D eigenvalue weighted by molar-refractivity contribution is 7.88. The quantitative estimate of drug-likeness (QED) is 0.255. The molecule has 0 aliphatic carbocycles. The predicted molar refractivity (Wildman–Crippen MR) is 171 cm³/mol. The molecule has 4 rings (SSSR count). The number of aromatic nitrogens is 2. The van der Waals surface area contributed by atoms with Crippen molar-refractivity contribution in [1.82, 2.24) is 13.9 Å². The van der Waals surface area contributed by atoms with Gasteiger partial charge in [0.2, 0.25) is 10.0 Å². The number of methoxy groups -OCH3 is 1. The highest BCUT2D eigenvalue weighted by Gasteiger charge is 2.27. The van der Waals surface area contributed by atoms with Crippen molar-refractivity contribution in [3.63, 3.8) is 0 Å². The summed E-state index contributed by atoms with van der Waals surface area (Å²) in [7, 11) is 0.277. The topological polar surface area (TPSA) is 126 Å². The van der Waals surface area contributed by atoms with Gasteiger partial charge in [-0.3, -0.25) is 14.2 Å². The zero-order valence-electron chi connectivity index (χ0n) is 25.2. The molecule has 0 saturated carbocycles. The molecule has 226 valence electrons. The molecule has 3 aromatic carbocycles. The molecule has 43 heavy (non-hydrogen) atoms. The summed E-state index contributed by atoms with van der Waals surface area (Å²) in [6, 6.07) is 19.1. The summed E-state index contributed by atoms with van der Waals surface area (Å²) in [4.78, 5) is 39.4. The van der Waals surface area contributed by atoms with E-state index in [2.05, 4.69) is 29.0 Å². The summed E-state index contributed by atoms with van der Waals surface area (Å²) in [6.07, 6.45) is 0. The number of nitrogens with zero attached hydrogens (tertiary/aromatic N) is 5. The molecule has 1 aromatic heterocycles. The first-order valence-electron chi connectivity index (χ1n) is 13.8. The fourth-order valence-corrected chi connectivity index (χ4v) is 5.35. The van der Waals surface area contributed by atoms with Crippen LogP contribution in [0.2, 0.25) is 0 Å². The van der Waals surface area contributed by atoms with Gasteiger partial charge in [-0.05, 0) is 68.8 Å². The lowest BCUT2D eigenvalue weighted by molar-refractivity contribution is -0.110. The normalized spacial score (nSPS) is 12.0. The highest BCUT2D eigenvalue weighted by atomic mass is 32.2. The van der Waals surface area contributed by atoms with Gasteiger partial charge in [0.1, 0.15) is 11.6 Å². The number of ether oxygens (including phenoxy) is 1. The number of fused-ring (bicyclic) bond motifs is 1. The molecule has 0 saturated heterocycles. The third-order valence-electron chi connectivity index (χ3n) is 7.03. The van der Waals surface area contributed by atoms with Crippen LogP contribution < -0.4 is 20.5 Å². The lowest BCUT2D eigenvalue weighted by Crippen LogP contribution is -2.38. The first-order chi connectivity index (χ1) is 20.5. The number of carbonyl (C=O) groups excluding carboxylic acids is 1. The third-order valence-corrected chi connectivity index (χ3v) is 8.73. The molecule has 0 unspecified atom stereocenters. The Kier molecular flexibility index (Phi) is 9.62. The monoisotopic (exact) mass is 604 g/mol. The minimum Gasteiger partial charge on any atom is -0.495 e. The second-order valence-corrected chi connectivity index (χ2v) is 12.1. The average molecular weight is 605 g/mol. The summed E-state index contributed by atoms with van der Waals surface area (Å²) in [5, 5.41) is 3.02. The molecule has 1 N–H and O–H groups in total. The van der Waals surface area contributed by atoms with Crippen LogP contribution in [0, 0.1) is 6.92 Å². The van der Waals surface area contributed by atoms with Crippen LogP contribution in [-0.2, 0) is 20.7 Å². The molecule has 0 bridgehead atoms. The standard InChI is InChI=1S/C31H36N6O5S/c1-7-36(8-2)22-17-18-24(21(3)19-22)32-28(30(38)34-26-15-11-12-16-27(26)42-6)29-33-25-14-10-9-13-23(25)31(39)37(29)20-43(40,41)35(4)5/h9-19H,7-8,20H2,1-6H3,(H,34,38). The highest BCUT2D eigenvalue weighted by Crippen LogP contribution is 2.27. The number of hydrogen-bond acceptors (Lipinski definition) is 8. The molecule has 0 aliphatic heterocycles. The maximum absolute atomic E-state index is 14.0. The fourth-order valence-electron chi connectivity index (χ4n) is 4.55. The predicted octanol–water partition coefficient (Wildman–Crippen LogP) is 4.17. The Balaban J connectivity index is 2.00. The Labute approximate surface area is 251 Å². The molecule has 12 heteroatoms. The number of para-hydroxylation sites is 3. The third kappa shape index (κ3) is 6.76. The van der Waals surface area contributed by atoms with Crippen molar-refractivity contribution in [2.75, 3.05) is 44.5 Å². The van der Waals surface area contributed by atoms with E-state index in [-0.39, 0.29) is 16.9 Å². The molecule has 1 heterocycles. The van der Waals surface area contributed by atoms with E-state index < -0.39 is 27.4 Å². The number of amides is 1. The summed E-state index contributed by atoms with van der Waals surface area (Å²) in [5.41, 5.74) is 2.06. The Hall–Kier alpha value is -4.55. The van der Waals surface area contributed by atoms with E-state index in [4.69, 9.17) is 9.73 Å². The SMILES string of the molecule is CCN(CC)c1ccc(N=C(C(=O)Nc2ccccc2OC)c2nc3ccccc3c(=O)n2CS(=O)(=O)N(C)C)c(C)c1. The van der Waals surface area contributed by atoms with Gasteiger partial charge in [-0.25, -0.2) is 22.7 Å². The molecule has 0 atom stereocenters. The van der Waals surface area contributed by atoms with Gasteiger partial charge in [0, 0.05) is 32.9 Å². The van der Waals surface area contributed by atoms with Crippen molar-refractivity contribution in [3.05, 3.63) is 88.5 Å². The van der Waals surface area contributed by atoms with E-state index in [0.717, 1.165) is 33.2 Å². The summed E-state index contributed by atoms with van der Waals surface area (Å²) in [6.45, 7) is 7.64. The Bertz CT molecular complexity index is 1850. The Morgan fingerprint density at radius 1 is 1.02 bits per heavy atom. The molecule has 0 aliphatic rings. The van der Waals surface area contributed by atoms with Crippen LogP contribution in [-0.4, -0.2) is 68.2 Å². The van der Waals surface area contributed by atoms with Crippen molar-refractivity contribution in [2.45, 2.75) is 26.6 Å². The lowest BCUT2D eigenvalue weighted by atomic mass is 10.1. The number of rotatable bonds is 11. The number of hydrogen-bond donors (Lipinski definition) is 1. The van der Waals surface area contributed by atoms with Gasteiger partial charge in [0.05, 0.1) is 29.4 Å². The van der Waals surface area contributed by atoms with Crippen LogP contribution in [0.5, 0.6) is 5.75 Å². The van der Waals surface area contributed by atoms with E-state index in [1.54, 1.807) is 54.6 Å². The smallest absolute Gasteiger partial charge is 0.278 e. The van der Waals surface area contributed by atoms with Gasteiger partial charge >= 0.3 is 0 Å². The largest absolute Gasteiger partial charge is 0.495 e. The van der Waals surface area contributed by atoms with Crippen LogP contribution >= 0.6 is 0 Å². The van der Waals surface area contributed by atoms with Crippen LogP contribution in [0.1, 0.15) is 25.2 Å². The van der Waals surface area contributed by atoms with Crippen LogP contribution in [0.25, 0.3) is 10.9 Å². The number of aliphatic imine (C=N–C) groups is 1. The van der Waals surface area contributed by atoms with E-state index in [0.29, 0.717) is 22.6 Å². The van der Waals surface area contributed by atoms with Gasteiger partial charge in [0.25, 0.3) is 11.5 Å². The zero-order chi connectivity index (χ0) is 31.3. The molecule has 11 nitrogen and oxygen atoms in total. The van der Waals surface area contributed by atoms with Crippen molar-refractivity contribution in [2.24, 2.45) is 4.99 Å². The average Bonchev–Trinajstić information content (AvgIpc) is 2.99. The number of nitrogens with one attached hydrogen (secondary N) is 1. The maximum atomic E-state index is 14.0. The van der Waals surface area contributed by atoms with E-state index >= 15 is 0 Å². The molecule has 0 radical (unpaired) electrons. The maximum Gasteiger partial charge on any atom is 0.278 e. The van der Waals surface area contributed by atoms with Crippen LogP contribution in [0.15, 0.2) is 76.5 Å². The van der Waals surface area contributed by atoms with Gasteiger partial charge < -0.3 is 15.0 Å². The molecular weight excluding hydrogens is 568 g/mol. The minimum atomic E-state index is -3.95. The van der Waals surface area contributed by atoms with Crippen molar-refractivity contribution in [1.29, 1.82) is 0 Å². The fraction of sp³-hybridized carbons (Fsp3) is 0.290. The van der Waals surface area contributed by atoms with E-state index in [1.165, 1.54) is 21.2 Å². The Morgan fingerprint density at radius 3 is 2.35 bits per heavy atom. The second-order valence-electron chi connectivity index (χ2n) is 9.97. The summed E-state index contributed by atoms with van der Waals surface area (Å²) >= 11 is 0. The lowest BCUT2D eigenvalue weighted by Gasteiger charge is -2.22. The molecule has 0 fully saturated rings.